The molecule has 0 bridgehead atoms. The number of hydrogen-bond acceptors (Lipinski definition) is 2. The van der Waals surface area contributed by atoms with E-state index in [1.807, 2.05) is 6.08 Å². The Bertz CT molecular complexity index is 184. The van der Waals surface area contributed by atoms with Gasteiger partial charge in [0.15, 0.2) is 0 Å². The van der Waals surface area contributed by atoms with Crippen LogP contribution < -0.4 is 10.9 Å². The topological polar surface area (TPSA) is 41.1 Å². The molecule has 2 rings (SSSR count). The predicted molar refractivity (Wildman–Crippen MR) is 36.9 cm³/mol. The van der Waals surface area contributed by atoms with Crippen molar-refractivity contribution in [1.29, 1.82) is 0 Å². The van der Waals surface area contributed by atoms with Gasteiger partial charge in [0.2, 0.25) is 0 Å². The molecule has 10 heavy (non-hydrogen) atoms. The average Bonchev–Trinajstić information content (AvgIpc) is 2.71. The van der Waals surface area contributed by atoms with Crippen molar-refractivity contribution in [1.82, 2.24) is 10.9 Å². The fourth-order valence-corrected chi connectivity index (χ4v) is 1.17. The number of amides is 1. The van der Waals surface area contributed by atoms with Crippen LogP contribution >= 0.6 is 0 Å². The third-order valence-corrected chi connectivity index (χ3v) is 1.95. The Hall–Kier alpha value is -0.830. The van der Waals surface area contributed by atoms with Gasteiger partial charge in [-0.2, -0.15) is 0 Å². The van der Waals surface area contributed by atoms with E-state index >= 15 is 0 Å². The second kappa shape index (κ2) is 2.09. The van der Waals surface area contributed by atoms with E-state index < -0.39 is 0 Å². The first-order chi connectivity index (χ1) is 4.86. The number of hydrogen-bond donors (Lipinski definition) is 2. The highest BCUT2D eigenvalue weighted by atomic mass is 16.2. The predicted octanol–water partition coefficient (Wildman–Crippen LogP) is -0.0444. The van der Waals surface area contributed by atoms with Crippen LogP contribution in [0, 0.1) is 5.92 Å². The maximum absolute atomic E-state index is 10.6. The minimum atomic E-state index is -0.0445. The Morgan fingerprint density at radius 1 is 1.50 bits per heavy atom. The molecule has 1 aliphatic heterocycles. The number of carbonyl (C=O) groups excluding carboxylic acids is 1. The van der Waals surface area contributed by atoms with Crippen molar-refractivity contribution in [2.24, 2.45) is 5.92 Å². The molecule has 0 aromatic rings. The van der Waals surface area contributed by atoms with Gasteiger partial charge in [0, 0.05) is 12.1 Å². The van der Waals surface area contributed by atoms with E-state index in [9.17, 15) is 4.79 Å². The molecule has 1 amide bonds. The van der Waals surface area contributed by atoms with Gasteiger partial charge < -0.3 is 0 Å². The molecule has 1 heterocycles. The van der Waals surface area contributed by atoms with E-state index in [2.05, 4.69) is 10.9 Å². The molecule has 1 aliphatic carbocycles. The van der Waals surface area contributed by atoms with Crippen molar-refractivity contribution in [2.75, 3.05) is 0 Å². The lowest BCUT2D eigenvalue weighted by atomic mass is 10.1. The summed E-state index contributed by atoms with van der Waals surface area (Å²) in [7, 11) is 0. The SMILES string of the molecule is O=C1C=CC(C2CC2)NN1. The molecule has 0 spiro atoms. The van der Waals surface area contributed by atoms with E-state index in [-0.39, 0.29) is 5.91 Å². The summed E-state index contributed by atoms with van der Waals surface area (Å²) < 4.78 is 0. The van der Waals surface area contributed by atoms with Crippen LogP contribution in [0.4, 0.5) is 0 Å². The average molecular weight is 138 g/mol. The van der Waals surface area contributed by atoms with Crippen LogP contribution in [-0.4, -0.2) is 11.9 Å². The lowest BCUT2D eigenvalue weighted by Crippen LogP contribution is -2.47. The Labute approximate surface area is 59.5 Å². The molecule has 0 aromatic heterocycles. The molecule has 2 aliphatic rings. The third kappa shape index (κ3) is 1.04. The molecule has 1 fully saturated rings. The van der Waals surface area contributed by atoms with E-state index in [1.165, 1.54) is 12.8 Å². The van der Waals surface area contributed by atoms with Crippen LogP contribution in [0.15, 0.2) is 12.2 Å². The van der Waals surface area contributed by atoms with Gasteiger partial charge in [-0.15, -0.1) is 0 Å². The smallest absolute Gasteiger partial charge is 0.257 e. The Morgan fingerprint density at radius 3 is 2.80 bits per heavy atom. The largest absolute Gasteiger partial charge is 0.287 e. The zero-order valence-electron chi connectivity index (χ0n) is 5.63. The number of nitrogens with one attached hydrogen (secondary N) is 2. The molecule has 3 heteroatoms. The van der Waals surface area contributed by atoms with Gasteiger partial charge in [-0.25, -0.2) is 5.43 Å². The Kier molecular flexibility index (Phi) is 1.24. The Morgan fingerprint density at radius 2 is 2.30 bits per heavy atom. The monoisotopic (exact) mass is 138 g/mol. The minimum absolute atomic E-state index is 0.0445. The van der Waals surface area contributed by atoms with Crippen LogP contribution in [0.2, 0.25) is 0 Å². The standard InChI is InChI=1S/C7H10N2O/c10-7-4-3-6(8-9-7)5-1-2-5/h3-6,8H,1-2H2,(H,9,10). The zero-order valence-corrected chi connectivity index (χ0v) is 5.63. The molecule has 1 atom stereocenters. The number of hydrazine groups is 1. The van der Waals surface area contributed by atoms with Crippen molar-refractivity contribution in [3.63, 3.8) is 0 Å². The van der Waals surface area contributed by atoms with Crippen molar-refractivity contribution in [2.45, 2.75) is 18.9 Å². The third-order valence-electron chi connectivity index (χ3n) is 1.95. The summed E-state index contributed by atoms with van der Waals surface area (Å²) in [5.74, 6) is 0.716. The summed E-state index contributed by atoms with van der Waals surface area (Å²) in [5.41, 5.74) is 5.52. The fraction of sp³-hybridized carbons (Fsp3) is 0.571. The van der Waals surface area contributed by atoms with Gasteiger partial charge in [-0.3, -0.25) is 10.2 Å². The van der Waals surface area contributed by atoms with E-state index in [0.29, 0.717) is 6.04 Å². The van der Waals surface area contributed by atoms with Crippen LogP contribution in [0.5, 0.6) is 0 Å². The molecule has 1 saturated carbocycles. The molecule has 0 radical (unpaired) electrons. The van der Waals surface area contributed by atoms with Gasteiger partial charge in [-0.1, -0.05) is 6.08 Å². The lowest BCUT2D eigenvalue weighted by Gasteiger charge is -2.17. The molecular formula is C7H10N2O. The number of rotatable bonds is 1. The molecule has 0 aromatic carbocycles. The second-order valence-corrected chi connectivity index (χ2v) is 2.86. The van der Waals surface area contributed by atoms with Crippen molar-refractivity contribution >= 4 is 5.91 Å². The van der Waals surface area contributed by atoms with Gasteiger partial charge in [0.25, 0.3) is 5.91 Å². The van der Waals surface area contributed by atoms with E-state index in [0.717, 1.165) is 5.92 Å². The van der Waals surface area contributed by atoms with Crippen molar-refractivity contribution in [3.05, 3.63) is 12.2 Å². The summed E-state index contributed by atoms with van der Waals surface area (Å²) in [6, 6.07) is 0.387. The molecule has 0 saturated heterocycles. The summed E-state index contributed by atoms with van der Waals surface area (Å²) in [6.45, 7) is 0. The maximum Gasteiger partial charge on any atom is 0.257 e. The fourth-order valence-electron chi connectivity index (χ4n) is 1.17. The van der Waals surface area contributed by atoms with Gasteiger partial charge in [0.1, 0.15) is 0 Å². The second-order valence-electron chi connectivity index (χ2n) is 2.86. The molecule has 54 valence electrons. The first-order valence-corrected chi connectivity index (χ1v) is 3.60. The Balaban J connectivity index is 1.99. The first-order valence-electron chi connectivity index (χ1n) is 3.60. The van der Waals surface area contributed by atoms with Crippen LogP contribution in [0.25, 0.3) is 0 Å². The highest BCUT2D eigenvalue weighted by Crippen LogP contribution is 2.33. The van der Waals surface area contributed by atoms with Crippen molar-refractivity contribution in [3.8, 4) is 0 Å². The van der Waals surface area contributed by atoms with Crippen molar-refractivity contribution < 1.29 is 4.79 Å². The van der Waals surface area contributed by atoms with Gasteiger partial charge in [-0.05, 0) is 18.8 Å². The van der Waals surface area contributed by atoms with Crippen LogP contribution in [0.1, 0.15) is 12.8 Å². The molecular weight excluding hydrogens is 128 g/mol. The van der Waals surface area contributed by atoms with Gasteiger partial charge >= 0.3 is 0 Å². The highest BCUT2D eigenvalue weighted by molar-refractivity contribution is 5.87. The van der Waals surface area contributed by atoms with E-state index in [1.54, 1.807) is 6.08 Å². The highest BCUT2D eigenvalue weighted by Gasteiger charge is 2.30. The molecule has 1 unspecified atom stereocenters. The quantitative estimate of drug-likeness (QED) is 0.533. The molecule has 3 nitrogen and oxygen atoms in total. The molecule has 2 N–H and O–H groups in total. The van der Waals surface area contributed by atoms with E-state index in [4.69, 9.17) is 0 Å². The summed E-state index contributed by atoms with van der Waals surface area (Å²) in [5, 5.41) is 0. The minimum Gasteiger partial charge on any atom is -0.287 e. The normalized spacial score (nSPS) is 32.0. The summed E-state index contributed by atoms with van der Waals surface area (Å²) in [4.78, 5) is 10.6. The lowest BCUT2D eigenvalue weighted by molar-refractivity contribution is -0.118. The van der Waals surface area contributed by atoms with Crippen LogP contribution in [-0.2, 0) is 4.79 Å². The van der Waals surface area contributed by atoms with Gasteiger partial charge in [0.05, 0.1) is 0 Å². The summed E-state index contributed by atoms with van der Waals surface area (Å²) in [6.07, 6.45) is 6.12. The number of carbonyl (C=O) groups is 1. The maximum atomic E-state index is 10.6. The summed E-state index contributed by atoms with van der Waals surface area (Å²) >= 11 is 0. The first kappa shape index (κ1) is 5.92. The zero-order chi connectivity index (χ0) is 6.97. The van der Waals surface area contributed by atoms with Crippen LogP contribution in [0.3, 0.4) is 0 Å².